The fourth-order valence-corrected chi connectivity index (χ4v) is 5.09. The van der Waals surface area contributed by atoms with E-state index in [4.69, 9.17) is 9.47 Å². The summed E-state index contributed by atoms with van der Waals surface area (Å²) in [5.74, 6) is 2.03. The number of hydrazone groups is 1. The van der Waals surface area contributed by atoms with Crippen molar-refractivity contribution in [1.82, 2.24) is 5.43 Å². The minimum Gasteiger partial charge on any atom is -0.490 e. The predicted molar refractivity (Wildman–Crippen MR) is 125 cm³/mol. The van der Waals surface area contributed by atoms with Crippen LogP contribution in [0.4, 0.5) is 0 Å². The van der Waals surface area contributed by atoms with Gasteiger partial charge in [0.05, 0.1) is 12.8 Å². The van der Waals surface area contributed by atoms with E-state index in [0.717, 1.165) is 28.4 Å². The third kappa shape index (κ3) is 4.95. The largest absolute Gasteiger partial charge is 0.490 e. The van der Waals surface area contributed by atoms with Crippen LogP contribution in [0.25, 0.3) is 0 Å². The number of carbonyl (C=O) groups is 1. The molecule has 2 aromatic rings. The molecule has 2 aliphatic rings. The van der Waals surface area contributed by atoms with E-state index >= 15 is 0 Å². The quantitative estimate of drug-likeness (QED) is 0.385. The van der Waals surface area contributed by atoms with Gasteiger partial charge in [0.15, 0.2) is 11.5 Å². The standard InChI is InChI=1S/C25H29BrN2O3/c1-3-30-22-14-18(9-12-21(22)31-16-17-7-10-19(26)11-8-17)15-27-28-24(29)23-20-6-4-5-13-25(20,23)2/h7-12,14-15,20,23H,3-6,13,16H2,1-2H3,(H,28,29)/b27-15-/t20-,23+,25-/m1/s1. The van der Waals surface area contributed by atoms with Gasteiger partial charge in [-0.05, 0) is 72.6 Å². The van der Waals surface area contributed by atoms with Gasteiger partial charge in [0, 0.05) is 10.4 Å². The van der Waals surface area contributed by atoms with Crippen molar-refractivity contribution in [1.29, 1.82) is 0 Å². The molecular weight excluding hydrogens is 456 g/mol. The smallest absolute Gasteiger partial charge is 0.244 e. The maximum absolute atomic E-state index is 12.6. The Morgan fingerprint density at radius 3 is 2.71 bits per heavy atom. The van der Waals surface area contributed by atoms with E-state index < -0.39 is 0 Å². The topological polar surface area (TPSA) is 59.9 Å². The molecule has 0 radical (unpaired) electrons. The zero-order valence-corrected chi connectivity index (χ0v) is 19.7. The van der Waals surface area contributed by atoms with Gasteiger partial charge in [-0.2, -0.15) is 5.10 Å². The van der Waals surface area contributed by atoms with Gasteiger partial charge in [0.1, 0.15) is 6.61 Å². The monoisotopic (exact) mass is 484 g/mol. The fourth-order valence-electron chi connectivity index (χ4n) is 4.82. The van der Waals surface area contributed by atoms with Gasteiger partial charge < -0.3 is 9.47 Å². The average molecular weight is 485 g/mol. The number of hydrogen-bond acceptors (Lipinski definition) is 4. The van der Waals surface area contributed by atoms with Gasteiger partial charge in [-0.25, -0.2) is 5.43 Å². The second-order valence-electron chi connectivity index (χ2n) is 8.62. The van der Waals surface area contributed by atoms with Gasteiger partial charge >= 0.3 is 0 Å². The molecular formula is C25H29BrN2O3. The van der Waals surface area contributed by atoms with E-state index in [1.54, 1.807) is 6.21 Å². The fraction of sp³-hybridized carbons (Fsp3) is 0.440. The molecule has 0 saturated heterocycles. The number of carbonyl (C=O) groups excluding carboxylic acids is 1. The highest BCUT2D eigenvalue weighted by molar-refractivity contribution is 9.10. The molecule has 2 aromatic carbocycles. The molecule has 2 saturated carbocycles. The first kappa shape index (κ1) is 21.9. The molecule has 2 aliphatic carbocycles. The second-order valence-corrected chi connectivity index (χ2v) is 9.54. The number of nitrogens with zero attached hydrogens (tertiary/aromatic N) is 1. The molecule has 6 heteroatoms. The number of benzene rings is 2. The summed E-state index contributed by atoms with van der Waals surface area (Å²) >= 11 is 3.44. The first-order valence-corrected chi connectivity index (χ1v) is 11.8. The number of amides is 1. The van der Waals surface area contributed by atoms with Gasteiger partial charge in [0.2, 0.25) is 5.91 Å². The Labute approximate surface area is 192 Å². The van der Waals surface area contributed by atoms with Crippen molar-refractivity contribution in [3.05, 3.63) is 58.1 Å². The molecule has 3 atom stereocenters. The van der Waals surface area contributed by atoms with E-state index in [9.17, 15) is 4.79 Å². The normalized spacial score (nSPS) is 24.5. The Bertz CT molecular complexity index is 960. The number of rotatable bonds is 8. The Kier molecular flexibility index (Phi) is 6.65. The third-order valence-electron chi connectivity index (χ3n) is 6.58. The van der Waals surface area contributed by atoms with Crippen LogP contribution < -0.4 is 14.9 Å². The minimum atomic E-state index is 0.0464. The summed E-state index contributed by atoms with van der Waals surface area (Å²) < 4.78 is 12.8. The zero-order valence-electron chi connectivity index (χ0n) is 18.1. The Hall–Kier alpha value is -2.34. The summed E-state index contributed by atoms with van der Waals surface area (Å²) in [5, 5.41) is 4.20. The molecule has 5 nitrogen and oxygen atoms in total. The first-order valence-electron chi connectivity index (χ1n) is 11.0. The van der Waals surface area contributed by atoms with Crippen LogP contribution in [-0.2, 0) is 11.4 Å². The van der Waals surface area contributed by atoms with Crippen LogP contribution in [0.3, 0.4) is 0 Å². The Morgan fingerprint density at radius 1 is 1.19 bits per heavy atom. The highest BCUT2D eigenvalue weighted by Gasteiger charge is 2.64. The Morgan fingerprint density at radius 2 is 2.00 bits per heavy atom. The van der Waals surface area contributed by atoms with Crippen molar-refractivity contribution in [2.45, 2.75) is 46.1 Å². The van der Waals surface area contributed by atoms with Crippen molar-refractivity contribution in [2.75, 3.05) is 6.61 Å². The van der Waals surface area contributed by atoms with Gasteiger partial charge in [-0.1, -0.05) is 47.8 Å². The van der Waals surface area contributed by atoms with Gasteiger partial charge in [0.25, 0.3) is 0 Å². The first-order chi connectivity index (χ1) is 15.0. The molecule has 1 N–H and O–H groups in total. The summed E-state index contributed by atoms with van der Waals surface area (Å²) in [4.78, 5) is 12.6. The van der Waals surface area contributed by atoms with Crippen molar-refractivity contribution < 1.29 is 14.3 Å². The summed E-state index contributed by atoms with van der Waals surface area (Å²) in [6.07, 6.45) is 6.45. The number of ether oxygens (including phenoxy) is 2. The molecule has 0 heterocycles. The maximum atomic E-state index is 12.6. The van der Waals surface area contributed by atoms with Crippen molar-refractivity contribution in [3.63, 3.8) is 0 Å². The summed E-state index contributed by atoms with van der Waals surface area (Å²) in [7, 11) is 0. The lowest BCUT2D eigenvalue weighted by Crippen LogP contribution is -2.22. The summed E-state index contributed by atoms with van der Waals surface area (Å²) in [6.45, 7) is 5.17. The SMILES string of the molecule is CCOc1cc(/C=N\NC(=O)[C@@H]2[C@H]3CCCC[C@]32C)ccc1OCc1ccc(Br)cc1. The van der Waals surface area contributed by atoms with Crippen molar-refractivity contribution >= 4 is 28.1 Å². The minimum absolute atomic E-state index is 0.0464. The van der Waals surface area contributed by atoms with Crippen LogP contribution in [0.15, 0.2) is 52.0 Å². The molecule has 2 fully saturated rings. The number of halogens is 1. The van der Waals surface area contributed by atoms with Crippen LogP contribution in [0.5, 0.6) is 11.5 Å². The molecule has 164 valence electrons. The van der Waals surface area contributed by atoms with E-state index in [0.29, 0.717) is 30.6 Å². The summed E-state index contributed by atoms with van der Waals surface area (Å²) in [6, 6.07) is 13.7. The van der Waals surface area contributed by atoms with Crippen LogP contribution in [0.1, 0.15) is 50.7 Å². The summed E-state index contributed by atoms with van der Waals surface area (Å²) in [5.41, 5.74) is 4.86. The molecule has 0 spiro atoms. The van der Waals surface area contributed by atoms with Crippen molar-refractivity contribution in [2.24, 2.45) is 22.4 Å². The van der Waals surface area contributed by atoms with E-state index in [2.05, 4.69) is 33.4 Å². The Balaban J connectivity index is 1.36. The second kappa shape index (κ2) is 9.43. The number of hydrogen-bond donors (Lipinski definition) is 1. The predicted octanol–water partition coefficient (Wildman–Crippen LogP) is 5.70. The highest BCUT2D eigenvalue weighted by Crippen LogP contribution is 2.66. The van der Waals surface area contributed by atoms with Crippen LogP contribution in [0.2, 0.25) is 0 Å². The number of nitrogens with one attached hydrogen (secondary N) is 1. The van der Waals surface area contributed by atoms with E-state index in [-0.39, 0.29) is 17.2 Å². The van der Waals surface area contributed by atoms with Gasteiger partial charge in [-0.3, -0.25) is 4.79 Å². The van der Waals surface area contributed by atoms with Gasteiger partial charge in [-0.15, -0.1) is 0 Å². The van der Waals surface area contributed by atoms with Crippen molar-refractivity contribution in [3.8, 4) is 11.5 Å². The molecule has 0 unspecified atom stereocenters. The van der Waals surface area contributed by atoms with Crippen LogP contribution in [0, 0.1) is 17.3 Å². The molecule has 0 aromatic heterocycles. The molecule has 31 heavy (non-hydrogen) atoms. The molecule has 0 aliphatic heterocycles. The van der Waals surface area contributed by atoms with Crippen LogP contribution >= 0.6 is 15.9 Å². The lowest BCUT2D eigenvalue weighted by Gasteiger charge is -2.15. The lowest BCUT2D eigenvalue weighted by molar-refractivity contribution is -0.123. The maximum Gasteiger partial charge on any atom is 0.244 e. The molecule has 4 rings (SSSR count). The van der Waals surface area contributed by atoms with E-state index in [1.807, 2.05) is 49.4 Å². The number of fused-ring (bicyclic) bond motifs is 1. The van der Waals surface area contributed by atoms with Crippen LogP contribution in [-0.4, -0.2) is 18.7 Å². The zero-order chi connectivity index (χ0) is 21.8. The highest BCUT2D eigenvalue weighted by atomic mass is 79.9. The average Bonchev–Trinajstić information content (AvgIpc) is 3.40. The molecule has 0 bridgehead atoms. The molecule has 1 amide bonds. The van der Waals surface area contributed by atoms with E-state index in [1.165, 1.54) is 12.8 Å². The lowest BCUT2D eigenvalue weighted by atomic mass is 9.90. The third-order valence-corrected chi connectivity index (χ3v) is 7.11.